The minimum atomic E-state index is -1.00. The van der Waals surface area contributed by atoms with Gasteiger partial charge < -0.3 is 48.3 Å². The molecule has 7 rings (SSSR count). The Bertz CT molecular complexity index is 2060. The van der Waals surface area contributed by atoms with Crippen LogP contribution in [0.25, 0.3) is 11.1 Å². The zero-order valence-corrected chi connectivity index (χ0v) is 35.9. The van der Waals surface area contributed by atoms with Gasteiger partial charge >= 0.3 is 30.0 Å². The number of hydrogen-bond acceptors (Lipinski definition) is 12. The van der Waals surface area contributed by atoms with Crippen molar-refractivity contribution in [2.24, 2.45) is 11.8 Å². The quantitative estimate of drug-likeness (QED) is 0.152. The van der Waals surface area contributed by atoms with Gasteiger partial charge in [-0.2, -0.15) is 0 Å². The van der Waals surface area contributed by atoms with Gasteiger partial charge in [0.05, 0.1) is 18.0 Å². The Morgan fingerprint density at radius 3 is 2.26 bits per heavy atom. The highest BCUT2D eigenvalue weighted by atomic mass is 16.8. The topological polar surface area (TPSA) is 193 Å². The molecule has 3 fully saturated rings. The minimum absolute atomic E-state index is 0.0110. The van der Waals surface area contributed by atoms with Crippen LogP contribution in [0, 0.1) is 18.8 Å². The number of carbonyl (C=O) groups is 5. The van der Waals surface area contributed by atoms with E-state index in [9.17, 15) is 28.8 Å². The molecule has 4 aliphatic heterocycles. The summed E-state index contributed by atoms with van der Waals surface area (Å²) < 4.78 is 25.6. The molecule has 4 amide bonds. The Labute approximate surface area is 355 Å². The Morgan fingerprint density at radius 1 is 0.869 bits per heavy atom. The third-order valence-electron chi connectivity index (χ3n) is 12.0. The second kappa shape index (κ2) is 20.8. The molecule has 0 bridgehead atoms. The van der Waals surface area contributed by atoms with E-state index >= 15 is 0 Å². The highest BCUT2D eigenvalue weighted by molar-refractivity contribution is 5.91. The van der Waals surface area contributed by atoms with Crippen molar-refractivity contribution in [3.05, 3.63) is 63.6 Å². The molecular weight excluding hydrogens is 789 g/mol. The number of aromatic amines is 1. The standard InChI is InChI=1S/C32H39N5O6.C12H21NO5/c1-20-7-12-35(13-8-20)29(38)27(19-22-17-21(2)28-26(18-22)42-31(40)34-28)43-32(41)36-14-10-24(11-15-36)37-16-9-23-5-3-4-6-25(23)33-30(37)39;1-4-16-12(15)18-9(2)17-11(14)10-5-7-13(3)8-6-10/h3-6,17-18,20,24,27H,7-16,19H2,1-2H3,(H,33,39)(H,34,40);9-10H,4-8H2,1-3H3/t27-;/m1./s1. The Hall–Kier alpha value is -5.58. The Kier molecular flexibility index (Phi) is 15.3. The molecule has 4 aliphatic rings. The van der Waals surface area contributed by atoms with Crippen LogP contribution in [-0.2, 0) is 41.4 Å². The van der Waals surface area contributed by atoms with E-state index in [0.717, 1.165) is 67.6 Å². The molecule has 17 heteroatoms. The lowest BCUT2D eigenvalue weighted by molar-refractivity contribution is -0.174. The van der Waals surface area contributed by atoms with Gasteiger partial charge in [0.2, 0.25) is 6.29 Å². The number of para-hydroxylation sites is 1. The van der Waals surface area contributed by atoms with Gasteiger partial charge in [-0.1, -0.05) is 31.2 Å². The van der Waals surface area contributed by atoms with Gasteiger partial charge in [0.1, 0.15) is 0 Å². The normalized spacial score (nSPS) is 19.1. The molecule has 3 saturated heterocycles. The predicted molar refractivity (Wildman–Crippen MR) is 225 cm³/mol. The molecule has 0 saturated carbocycles. The van der Waals surface area contributed by atoms with Gasteiger partial charge in [0.15, 0.2) is 11.7 Å². The first-order valence-corrected chi connectivity index (χ1v) is 21.5. The van der Waals surface area contributed by atoms with Crippen LogP contribution in [0.1, 0.15) is 76.0 Å². The average molecular weight is 849 g/mol. The predicted octanol–water partition coefficient (Wildman–Crippen LogP) is 5.68. The molecule has 2 atom stereocenters. The molecule has 0 aliphatic carbocycles. The van der Waals surface area contributed by atoms with Gasteiger partial charge in [-0.15, -0.1) is 0 Å². The summed E-state index contributed by atoms with van der Waals surface area (Å²) in [6.45, 7) is 12.0. The summed E-state index contributed by atoms with van der Waals surface area (Å²) in [5.74, 6) is -0.603. The van der Waals surface area contributed by atoms with Crippen LogP contribution in [-0.4, -0.2) is 133 Å². The molecule has 0 radical (unpaired) electrons. The van der Waals surface area contributed by atoms with Crippen molar-refractivity contribution in [1.29, 1.82) is 0 Å². The number of likely N-dealkylation sites (tertiary alicyclic amines) is 3. The number of nitrogens with one attached hydrogen (secondary N) is 2. The number of H-pyrrole nitrogens is 1. The number of ether oxygens (including phenoxy) is 4. The summed E-state index contributed by atoms with van der Waals surface area (Å²) >= 11 is 0. The van der Waals surface area contributed by atoms with Crippen LogP contribution >= 0.6 is 0 Å². The van der Waals surface area contributed by atoms with E-state index in [4.69, 9.17) is 18.6 Å². The number of anilines is 1. The number of nitrogens with zero attached hydrogens (tertiary/aromatic N) is 4. The van der Waals surface area contributed by atoms with E-state index in [2.05, 4.69) is 26.9 Å². The lowest BCUT2D eigenvalue weighted by Crippen LogP contribution is -2.51. The monoisotopic (exact) mass is 848 g/mol. The van der Waals surface area contributed by atoms with Crippen molar-refractivity contribution in [3.8, 4) is 0 Å². The van der Waals surface area contributed by atoms with Crippen LogP contribution in [0.4, 0.5) is 20.1 Å². The molecule has 1 unspecified atom stereocenters. The number of rotatable bonds is 9. The van der Waals surface area contributed by atoms with E-state index in [1.807, 2.05) is 49.2 Å². The molecule has 17 nitrogen and oxygen atoms in total. The van der Waals surface area contributed by atoms with Gasteiger partial charge in [0.25, 0.3) is 5.91 Å². The number of urea groups is 1. The van der Waals surface area contributed by atoms with Crippen molar-refractivity contribution in [2.75, 3.05) is 64.8 Å². The SMILES string of the molecule is CCOC(=O)OC(C)OC(=O)C1CCN(C)CC1.Cc1cc(C[C@@H](OC(=O)N2CCC(N3CCc4ccccc4NC3=O)CC2)C(=O)N2CCC(C)CC2)cc2oc(=O)[nH]c12. The summed E-state index contributed by atoms with van der Waals surface area (Å²) in [5, 5.41) is 3.03. The molecular formula is C44H60N6O11. The van der Waals surface area contributed by atoms with Crippen molar-refractivity contribution < 1.29 is 47.3 Å². The molecule has 2 N–H and O–H groups in total. The number of hydrogen-bond donors (Lipinski definition) is 2. The van der Waals surface area contributed by atoms with Crippen molar-refractivity contribution >= 4 is 46.9 Å². The van der Waals surface area contributed by atoms with Crippen LogP contribution in [0.15, 0.2) is 45.6 Å². The van der Waals surface area contributed by atoms with Crippen LogP contribution < -0.4 is 11.1 Å². The van der Waals surface area contributed by atoms with Crippen molar-refractivity contribution in [1.82, 2.24) is 24.6 Å². The number of fused-ring (bicyclic) bond motifs is 2. The number of esters is 1. The lowest BCUT2D eigenvalue weighted by Gasteiger charge is -2.38. The lowest BCUT2D eigenvalue weighted by atomic mass is 9.97. The third-order valence-corrected chi connectivity index (χ3v) is 12.0. The number of amides is 4. The molecule has 3 aromatic rings. The second-order valence-corrected chi connectivity index (χ2v) is 16.5. The van der Waals surface area contributed by atoms with Crippen LogP contribution in [0.3, 0.4) is 0 Å². The minimum Gasteiger partial charge on any atom is -0.436 e. The highest BCUT2D eigenvalue weighted by Crippen LogP contribution is 2.27. The second-order valence-electron chi connectivity index (χ2n) is 16.5. The van der Waals surface area contributed by atoms with E-state index in [1.54, 1.807) is 22.8 Å². The first kappa shape index (κ1) is 45.0. The molecule has 5 heterocycles. The number of piperidine rings is 3. The van der Waals surface area contributed by atoms with Crippen LogP contribution in [0.2, 0.25) is 0 Å². The van der Waals surface area contributed by atoms with E-state index < -0.39 is 30.4 Å². The first-order chi connectivity index (χ1) is 29.3. The molecule has 61 heavy (non-hydrogen) atoms. The van der Waals surface area contributed by atoms with Gasteiger partial charge in [0, 0.05) is 57.8 Å². The van der Waals surface area contributed by atoms with Crippen molar-refractivity contribution in [3.63, 3.8) is 0 Å². The number of aromatic nitrogens is 1. The zero-order valence-electron chi connectivity index (χ0n) is 35.9. The highest BCUT2D eigenvalue weighted by Gasteiger charge is 2.35. The van der Waals surface area contributed by atoms with E-state index in [0.29, 0.717) is 62.6 Å². The fourth-order valence-electron chi connectivity index (χ4n) is 8.35. The maximum Gasteiger partial charge on any atom is 0.511 e. The van der Waals surface area contributed by atoms with Gasteiger partial charge in [-0.25, -0.2) is 19.2 Å². The summed E-state index contributed by atoms with van der Waals surface area (Å²) in [7, 11) is 2.02. The fourth-order valence-corrected chi connectivity index (χ4v) is 8.35. The summed E-state index contributed by atoms with van der Waals surface area (Å²) in [5.41, 5.74) is 4.55. The van der Waals surface area contributed by atoms with Crippen molar-refractivity contribution in [2.45, 2.75) is 97.5 Å². The summed E-state index contributed by atoms with van der Waals surface area (Å²) in [4.78, 5) is 84.9. The number of benzene rings is 2. The molecule has 332 valence electrons. The van der Waals surface area contributed by atoms with Crippen LogP contribution in [0.5, 0.6) is 0 Å². The maximum atomic E-state index is 13.7. The largest absolute Gasteiger partial charge is 0.511 e. The fraction of sp³-hybridized carbons (Fsp3) is 0.591. The van der Waals surface area contributed by atoms with E-state index in [-0.39, 0.29) is 42.9 Å². The van der Waals surface area contributed by atoms with Gasteiger partial charge in [-0.05, 0) is 114 Å². The molecule has 0 spiro atoms. The maximum absolute atomic E-state index is 13.7. The number of aryl methyl sites for hydroxylation is 1. The summed E-state index contributed by atoms with van der Waals surface area (Å²) in [6, 6.07) is 11.4. The number of oxazole rings is 1. The Balaban J connectivity index is 0.000000291. The molecule has 2 aromatic carbocycles. The summed E-state index contributed by atoms with van der Waals surface area (Å²) in [6.07, 6.45) is 2.33. The third kappa shape index (κ3) is 12.0. The average Bonchev–Trinajstić information content (AvgIpc) is 3.53. The van der Waals surface area contributed by atoms with E-state index in [1.165, 1.54) is 6.92 Å². The smallest absolute Gasteiger partial charge is 0.436 e. The van der Waals surface area contributed by atoms with Gasteiger partial charge in [-0.3, -0.25) is 14.6 Å². The zero-order chi connectivity index (χ0) is 43.6. The number of carbonyl (C=O) groups excluding carboxylic acids is 5. The first-order valence-electron chi connectivity index (χ1n) is 21.5. The Morgan fingerprint density at radius 2 is 1.56 bits per heavy atom. The molecule has 1 aromatic heterocycles.